The standard InChI is InChI=1S/C14H22N2O/c1-11-14(6-7-17-11)10-16-9-13-4-2-12(8-15)3-5-13/h2-5,11,14,16H,6-10,15H2,1H3. The predicted molar refractivity (Wildman–Crippen MR) is 69.6 cm³/mol. The summed E-state index contributed by atoms with van der Waals surface area (Å²) in [5.41, 5.74) is 8.07. The van der Waals surface area contributed by atoms with E-state index in [1.807, 2.05) is 0 Å². The van der Waals surface area contributed by atoms with Crippen LogP contribution >= 0.6 is 0 Å². The monoisotopic (exact) mass is 234 g/mol. The summed E-state index contributed by atoms with van der Waals surface area (Å²) in [5.74, 6) is 0.665. The van der Waals surface area contributed by atoms with Gasteiger partial charge in [-0.15, -0.1) is 0 Å². The molecule has 2 atom stereocenters. The van der Waals surface area contributed by atoms with Gasteiger partial charge in [0, 0.05) is 26.2 Å². The summed E-state index contributed by atoms with van der Waals surface area (Å²) >= 11 is 0. The SMILES string of the molecule is CC1OCCC1CNCc1ccc(CN)cc1. The molecule has 1 heterocycles. The normalized spacial score (nSPS) is 24.1. The number of nitrogens with two attached hydrogens (primary N) is 1. The van der Waals surface area contributed by atoms with Gasteiger partial charge in [-0.2, -0.15) is 0 Å². The lowest BCUT2D eigenvalue weighted by Crippen LogP contribution is -2.26. The molecule has 17 heavy (non-hydrogen) atoms. The highest BCUT2D eigenvalue weighted by Gasteiger charge is 2.23. The van der Waals surface area contributed by atoms with Gasteiger partial charge in [0.05, 0.1) is 6.10 Å². The molecule has 0 aromatic heterocycles. The van der Waals surface area contributed by atoms with Gasteiger partial charge < -0.3 is 15.8 Å². The predicted octanol–water partition coefficient (Wildman–Crippen LogP) is 1.66. The minimum Gasteiger partial charge on any atom is -0.378 e. The molecule has 94 valence electrons. The maximum Gasteiger partial charge on any atom is 0.0588 e. The molecule has 1 aromatic carbocycles. The van der Waals surface area contributed by atoms with E-state index in [9.17, 15) is 0 Å². The quantitative estimate of drug-likeness (QED) is 0.814. The number of hydrogen-bond donors (Lipinski definition) is 2. The molecular weight excluding hydrogens is 212 g/mol. The Labute approximate surface area is 103 Å². The highest BCUT2D eigenvalue weighted by molar-refractivity contribution is 5.22. The van der Waals surface area contributed by atoms with Crippen LogP contribution in [0.3, 0.4) is 0 Å². The maximum absolute atomic E-state index is 5.57. The van der Waals surface area contributed by atoms with E-state index < -0.39 is 0 Å². The fourth-order valence-electron chi connectivity index (χ4n) is 2.24. The zero-order valence-electron chi connectivity index (χ0n) is 10.5. The van der Waals surface area contributed by atoms with E-state index in [1.54, 1.807) is 0 Å². The summed E-state index contributed by atoms with van der Waals surface area (Å²) in [6.07, 6.45) is 1.59. The molecule has 2 rings (SSSR count). The molecule has 3 heteroatoms. The van der Waals surface area contributed by atoms with E-state index in [0.717, 1.165) is 19.7 Å². The molecule has 1 aliphatic rings. The summed E-state index contributed by atoms with van der Waals surface area (Å²) in [7, 11) is 0. The highest BCUT2D eigenvalue weighted by Crippen LogP contribution is 2.19. The van der Waals surface area contributed by atoms with Gasteiger partial charge in [0.25, 0.3) is 0 Å². The van der Waals surface area contributed by atoms with Gasteiger partial charge in [0.2, 0.25) is 0 Å². The van der Waals surface area contributed by atoms with Gasteiger partial charge in [-0.05, 0) is 30.4 Å². The van der Waals surface area contributed by atoms with Crippen LogP contribution in [0.2, 0.25) is 0 Å². The van der Waals surface area contributed by atoms with Crippen LogP contribution in [0, 0.1) is 5.92 Å². The zero-order chi connectivity index (χ0) is 12.1. The average molecular weight is 234 g/mol. The fraction of sp³-hybridized carbons (Fsp3) is 0.571. The van der Waals surface area contributed by atoms with E-state index in [4.69, 9.17) is 10.5 Å². The fourth-order valence-corrected chi connectivity index (χ4v) is 2.24. The third kappa shape index (κ3) is 3.53. The van der Waals surface area contributed by atoms with E-state index in [0.29, 0.717) is 18.6 Å². The first-order chi connectivity index (χ1) is 8.29. The first-order valence-electron chi connectivity index (χ1n) is 6.40. The van der Waals surface area contributed by atoms with Crippen molar-refractivity contribution in [1.29, 1.82) is 0 Å². The Morgan fingerprint density at radius 3 is 2.59 bits per heavy atom. The van der Waals surface area contributed by atoms with Gasteiger partial charge in [0.1, 0.15) is 0 Å². The molecule has 2 unspecified atom stereocenters. The lowest BCUT2D eigenvalue weighted by atomic mass is 10.0. The Bertz CT molecular complexity index is 337. The van der Waals surface area contributed by atoms with Crippen molar-refractivity contribution in [3.63, 3.8) is 0 Å². The van der Waals surface area contributed by atoms with Crippen molar-refractivity contribution in [2.45, 2.75) is 32.5 Å². The minimum atomic E-state index is 0.405. The van der Waals surface area contributed by atoms with Crippen LogP contribution in [-0.4, -0.2) is 19.3 Å². The molecule has 3 nitrogen and oxygen atoms in total. The summed E-state index contributed by atoms with van der Waals surface area (Å²) < 4.78 is 5.54. The molecule has 1 aliphatic heterocycles. The number of benzene rings is 1. The van der Waals surface area contributed by atoms with Crippen molar-refractivity contribution >= 4 is 0 Å². The van der Waals surface area contributed by atoms with E-state index in [1.165, 1.54) is 17.5 Å². The third-order valence-electron chi connectivity index (χ3n) is 3.53. The van der Waals surface area contributed by atoms with Crippen molar-refractivity contribution in [2.24, 2.45) is 11.7 Å². The van der Waals surface area contributed by atoms with Crippen LogP contribution in [0.4, 0.5) is 0 Å². The van der Waals surface area contributed by atoms with Gasteiger partial charge in [-0.3, -0.25) is 0 Å². The lowest BCUT2D eigenvalue weighted by Gasteiger charge is -2.14. The Balaban J connectivity index is 1.73. The number of hydrogen-bond acceptors (Lipinski definition) is 3. The number of rotatable bonds is 5. The molecule has 0 radical (unpaired) electrons. The van der Waals surface area contributed by atoms with Crippen LogP contribution in [-0.2, 0) is 17.8 Å². The molecule has 0 aliphatic carbocycles. The molecule has 0 saturated carbocycles. The van der Waals surface area contributed by atoms with Gasteiger partial charge in [-0.25, -0.2) is 0 Å². The van der Waals surface area contributed by atoms with Crippen LogP contribution < -0.4 is 11.1 Å². The van der Waals surface area contributed by atoms with Crippen molar-refractivity contribution in [1.82, 2.24) is 5.32 Å². The van der Waals surface area contributed by atoms with Crippen LogP contribution in [0.5, 0.6) is 0 Å². The summed E-state index contributed by atoms with van der Waals surface area (Å²) in [6, 6.07) is 8.48. The van der Waals surface area contributed by atoms with Crippen LogP contribution in [0.25, 0.3) is 0 Å². The number of nitrogens with one attached hydrogen (secondary N) is 1. The van der Waals surface area contributed by atoms with Crippen LogP contribution in [0.15, 0.2) is 24.3 Å². The smallest absolute Gasteiger partial charge is 0.0588 e. The molecule has 1 aromatic rings. The van der Waals surface area contributed by atoms with Gasteiger partial charge in [0.15, 0.2) is 0 Å². The third-order valence-corrected chi connectivity index (χ3v) is 3.53. The molecular formula is C14H22N2O. The second-order valence-corrected chi connectivity index (χ2v) is 4.78. The molecule has 1 fully saturated rings. The minimum absolute atomic E-state index is 0.405. The van der Waals surface area contributed by atoms with Crippen molar-refractivity contribution in [3.05, 3.63) is 35.4 Å². The second kappa shape index (κ2) is 6.15. The Morgan fingerprint density at radius 2 is 2.00 bits per heavy atom. The van der Waals surface area contributed by atoms with Crippen molar-refractivity contribution in [2.75, 3.05) is 13.2 Å². The number of ether oxygens (including phenoxy) is 1. The molecule has 3 N–H and O–H groups in total. The summed E-state index contributed by atoms with van der Waals surface area (Å²) in [6.45, 7) is 5.66. The lowest BCUT2D eigenvalue weighted by molar-refractivity contribution is 0.105. The maximum atomic E-state index is 5.57. The van der Waals surface area contributed by atoms with Crippen LogP contribution in [0.1, 0.15) is 24.5 Å². The molecule has 0 spiro atoms. The van der Waals surface area contributed by atoms with Gasteiger partial charge in [-0.1, -0.05) is 24.3 Å². The highest BCUT2D eigenvalue weighted by atomic mass is 16.5. The average Bonchev–Trinajstić information content (AvgIpc) is 2.76. The first kappa shape index (κ1) is 12.6. The summed E-state index contributed by atoms with van der Waals surface area (Å²) in [5, 5.41) is 3.50. The zero-order valence-corrected chi connectivity index (χ0v) is 10.5. The van der Waals surface area contributed by atoms with Crippen molar-refractivity contribution < 1.29 is 4.74 Å². The Morgan fingerprint density at radius 1 is 1.29 bits per heavy atom. The Kier molecular flexibility index (Phi) is 4.54. The summed E-state index contributed by atoms with van der Waals surface area (Å²) in [4.78, 5) is 0. The van der Waals surface area contributed by atoms with E-state index >= 15 is 0 Å². The molecule has 0 bridgehead atoms. The van der Waals surface area contributed by atoms with Gasteiger partial charge >= 0.3 is 0 Å². The van der Waals surface area contributed by atoms with Crippen molar-refractivity contribution in [3.8, 4) is 0 Å². The topological polar surface area (TPSA) is 47.3 Å². The Hall–Kier alpha value is -0.900. The van der Waals surface area contributed by atoms with E-state index in [-0.39, 0.29) is 0 Å². The first-order valence-corrected chi connectivity index (χ1v) is 6.40. The molecule has 1 saturated heterocycles. The largest absolute Gasteiger partial charge is 0.378 e. The molecule has 0 amide bonds. The van der Waals surface area contributed by atoms with E-state index in [2.05, 4.69) is 36.5 Å². The second-order valence-electron chi connectivity index (χ2n) is 4.78.